The molecule has 11 heavy (non-hydrogen) atoms. The van der Waals surface area contributed by atoms with Crippen molar-refractivity contribution in [3.05, 3.63) is 0 Å². The largest absolute Gasteiger partial charge is 0.340 e. The molecule has 0 saturated carbocycles. The van der Waals surface area contributed by atoms with E-state index in [1.165, 1.54) is 20.9 Å². The molecule has 0 heterocycles. The van der Waals surface area contributed by atoms with E-state index in [9.17, 15) is 13.2 Å². The Kier molecular flexibility index (Phi) is 3.31. The van der Waals surface area contributed by atoms with Crippen LogP contribution < -0.4 is 10.0 Å². The molecule has 0 aromatic heterocycles. The molecular weight excluding hydrogens is 168 g/mol. The van der Waals surface area contributed by atoms with Crippen molar-refractivity contribution >= 4 is 16.1 Å². The second-order valence-electron chi connectivity index (χ2n) is 2.27. The number of urea groups is 1. The summed E-state index contributed by atoms with van der Waals surface area (Å²) in [5.41, 5.74) is 0. The topological polar surface area (TPSA) is 75.3 Å². The van der Waals surface area contributed by atoms with Gasteiger partial charge >= 0.3 is 6.03 Å². The van der Waals surface area contributed by atoms with E-state index in [1.54, 1.807) is 0 Å². The van der Waals surface area contributed by atoms with Crippen LogP contribution in [0.15, 0.2) is 0 Å². The highest BCUT2D eigenvalue weighted by atomic mass is 32.2. The van der Waals surface area contributed by atoms with Crippen molar-refractivity contribution in [1.29, 1.82) is 0 Å². The van der Waals surface area contributed by atoms with Gasteiger partial charge in [-0.25, -0.2) is 17.9 Å². The molecule has 0 aromatic rings. The Balaban J connectivity index is 4.27. The van der Waals surface area contributed by atoms with Crippen LogP contribution in [0.1, 0.15) is 13.8 Å². The van der Waals surface area contributed by atoms with Crippen LogP contribution in [0, 0.1) is 0 Å². The fourth-order valence-electron chi connectivity index (χ4n) is 0.298. The summed E-state index contributed by atoms with van der Waals surface area (Å²) in [7, 11) is -2.12. The Morgan fingerprint density at radius 3 is 2.09 bits per heavy atom. The monoisotopic (exact) mass is 180 g/mol. The van der Waals surface area contributed by atoms with Crippen molar-refractivity contribution in [3.8, 4) is 0 Å². The lowest BCUT2D eigenvalue weighted by Gasteiger charge is -2.07. The van der Waals surface area contributed by atoms with Crippen LogP contribution in [-0.4, -0.2) is 26.7 Å². The summed E-state index contributed by atoms with van der Waals surface area (Å²) in [6.07, 6.45) is 0. The minimum absolute atomic E-state index is 0.597. The number of hydrogen-bond acceptors (Lipinski definition) is 3. The van der Waals surface area contributed by atoms with Crippen LogP contribution in [0.25, 0.3) is 0 Å². The summed E-state index contributed by atoms with van der Waals surface area (Å²) >= 11 is 0. The van der Waals surface area contributed by atoms with Gasteiger partial charge in [-0.15, -0.1) is 0 Å². The second kappa shape index (κ2) is 3.56. The summed E-state index contributed by atoms with van der Waals surface area (Å²) in [6, 6.07) is -0.710. The highest BCUT2D eigenvalue weighted by molar-refractivity contribution is 7.90. The first-order chi connectivity index (χ1) is 4.90. The van der Waals surface area contributed by atoms with E-state index in [0.29, 0.717) is 0 Å². The first kappa shape index (κ1) is 10.2. The van der Waals surface area contributed by atoms with E-state index in [1.807, 2.05) is 4.72 Å². The molecule has 0 bridgehead atoms. The van der Waals surface area contributed by atoms with Gasteiger partial charge in [0.2, 0.25) is 10.0 Å². The van der Waals surface area contributed by atoms with Gasteiger partial charge in [0.15, 0.2) is 0 Å². The molecule has 0 atom stereocenters. The van der Waals surface area contributed by atoms with Crippen LogP contribution in [0.2, 0.25) is 0 Å². The maximum atomic E-state index is 10.9. The van der Waals surface area contributed by atoms with E-state index in [2.05, 4.69) is 5.32 Å². The Morgan fingerprint density at radius 2 is 1.82 bits per heavy atom. The Bertz CT molecular complexity index is 232. The molecular formula is C5H12N2O3S. The fraction of sp³-hybridized carbons (Fsp3) is 0.800. The molecule has 66 valence electrons. The van der Waals surface area contributed by atoms with Crippen molar-refractivity contribution in [2.45, 2.75) is 19.1 Å². The highest BCUT2D eigenvalue weighted by Gasteiger charge is 2.17. The standard InChI is InChI=1S/C5H12N2O3S/c1-4(2)11(9,10)7-5(8)6-3/h4H,1-3H3,(H2,6,7,8). The van der Waals surface area contributed by atoms with E-state index >= 15 is 0 Å². The van der Waals surface area contributed by atoms with Gasteiger partial charge in [-0.2, -0.15) is 0 Å². The number of amides is 2. The van der Waals surface area contributed by atoms with Crippen molar-refractivity contribution in [3.63, 3.8) is 0 Å². The van der Waals surface area contributed by atoms with E-state index in [-0.39, 0.29) is 0 Å². The lowest BCUT2D eigenvalue weighted by Crippen LogP contribution is -2.40. The van der Waals surface area contributed by atoms with Gasteiger partial charge in [-0.1, -0.05) is 0 Å². The second-order valence-corrected chi connectivity index (χ2v) is 4.51. The number of carbonyl (C=O) groups is 1. The molecule has 0 rings (SSSR count). The molecule has 0 saturated heterocycles. The van der Waals surface area contributed by atoms with Crippen LogP contribution in [-0.2, 0) is 10.0 Å². The molecule has 0 aliphatic rings. The van der Waals surface area contributed by atoms with Gasteiger partial charge in [0.05, 0.1) is 5.25 Å². The first-order valence-electron chi connectivity index (χ1n) is 3.13. The summed E-state index contributed by atoms with van der Waals surface area (Å²) in [5, 5.41) is 1.55. The molecule has 2 N–H and O–H groups in total. The van der Waals surface area contributed by atoms with Crippen LogP contribution in [0.4, 0.5) is 4.79 Å². The number of hydrogen-bond donors (Lipinski definition) is 2. The molecule has 0 aromatic carbocycles. The number of rotatable bonds is 2. The Morgan fingerprint density at radius 1 is 1.36 bits per heavy atom. The number of sulfonamides is 1. The molecule has 0 spiro atoms. The summed E-state index contributed by atoms with van der Waals surface area (Å²) in [5.74, 6) is 0. The van der Waals surface area contributed by atoms with E-state index in [0.717, 1.165) is 0 Å². The van der Waals surface area contributed by atoms with Crippen LogP contribution in [0.5, 0.6) is 0 Å². The molecule has 5 nitrogen and oxygen atoms in total. The van der Waals surface area contributed by atoms with Gasteiger partial charge in [0.25, 0.3) is 0 Å². The van der Waals surface area contributed by atoms with Crippen molar-refractivity contribution in [2.24, 2.45) is 0 Å². The van der Waals surface area contributed by atoms with Crippen molar-refractivity contribution in [2.75, 3.05) is 7.05 Å². The Labute approximate surface area is 66.2 Å². The van der Waals surface area contributed by atoms with Crippen molar-refractivity contribution < 1.29 is 13.2 Å². The third-order valence-electron chi connectivity index (χ3n) is 1.08. The number of carbonyl (C=O) groups excluding carboxylic acids is 1. The molecule has 0 radical (unpaired) electrons. The SMILES string of the molecule is CNC(=O)NS(=O)(=O)C(C)C. The van der Waals surface area contributed by atoms with Gasteiger partial charge in [0, 0.05) is 7.05 Å². The smallest absolute Gasteiger partial charge is 0.328 e. The van der Waals surface area contributed by atoms with Crippen LogP contribution >= 0.6 is 0 Å². The number of nitrogens with one attached hydrogen (secondary N) is 2. The summed E-state index contributed by atoms with van der Waals surface area (Å²) < 4.78 is 23.7. The maximum absolute atomic E-state index is 10.9. The normalized spacial score (nSPS) is 11.3. The minimum atomic E-state index is -3.47. The lowest BCUT2D eigenvalue weighted by atomic mass is 10.6. The van der Waals surface area contributed by atoms with Gasteiger partial charge in [-0.3, -0.25) is 0 Å². The Hall–Kier alpha value is -0.780. The predicted octanol–water partition coefficient (Wildman–Crippen LogP) is -0.346. The zero-order valence-electron chi connectivity index (χ0n) is 6.71. The first-order valence-corrected chi connectivity index (χ1v) is 4.68. The third kappa shape index (κ3) is 3.22. The molecule has 0 unspecified atom stereocenters. The van der Waals surface area contributed by atoms with E-state index < -0.39 is 21.3 Å². The fourth-order valence-corrected chi connectivity index (χ4v) is 0.894. The van der Waals surface area contributed by atoms with Crippen LogP contribution in [0.3, 0.4) is 0 Å². The molecule has 2 amide bonds. The maximum Gasteiger partial charge on any atom is 0.328 e. The van der Waals surface area contributed by atoms with Crippen molar-refractivity contribution in [1.82, 2.24) is 10.0 Å². The summed E-state index contributed by atoms with van der Waals surface area (Å²) in [4.78, 5) is 10.5. The third-order valence-corrected chi connectivity index (χ3v) is 2.79. The summed E-state index contributed by atoms with van der Waals surface area (Å²) in [6.45, 7) is 2.98. The van der Waals surface area contributed by atoms with Gasteiger partial charge in [0.1, 0.15) is 0 Å². The molecule has 6 heteroatoms. The highest BCUT2D eigenvalue weighted by Crippen LogP contribution is 1.94. The van der Waals surface area contributed by atoms with E-state index in [4.69, 9.17) is 0 Å². The van der Waals surface area contributed by atoms with Gasteiger partial charge in [-0.05, 0) is 13.8 Å². The molecule has 0 aliphatic carbocycles. The zero-order valence-corrected chi connectivity index (χ0v) is 7.53. The molecule has 0 fully saturated rings. The average Bonchev–Trinajstić information content (AvgIpc) is 1.86. The lowest BCUT2D eigenvalue weighted by molar-refractivity contribution is 0.247. The predicted molar refractivity (Wildman–Crippen MR) is 41.6 cm³/mol. The quantitative estimate of drug-likeness (QED) is 0.610. The minimum Gasteiger partial charge on any atom is -0.340 e. The zero-order chi connectivity index (χ0) is 9.07. The average molecular weight is 180 g/mol. The molecule has 0 aliphatic heterocycles. The van der Waals surface area contributed by atoms with Gasteiger partial charge < -0.3 is 5.32 Å².